The Labute approximate surface area is 114 Å². The van der Waals surface area contributed by atoms with Gasteiger partial charge in [-0.15, -0.1) is 0 Å². The van der Waals surface area contributed by atoms with Crippen molar-refractivity contribution in [3.8, 4) is 0 Å². The van der Waals surface area contributed by atoms with E-state index in [4.69, 9.17) is 0 Å². The Kier molecular flexibility index (Phi) is 4.20. The molecule has 1 unspecified atom stereocenters. The number of alkyl halides is 3. The molecular formula is C12H17F3N4O. The quantitative estimate of drug-likeness (QED) is 0.878. The summed E-state index contributed by atoms with van der Waals surface area (Å²) in [6.07, 6.45) is -2.93. The Bertz CT molecular complexity index is 472. The van der Waals surface area contributed by atoms with E-state index in [-0.39, 0.29) is 11.9 Å². The average molecular weight is 290 g/mol. The molecular weight excluding hydrogens is 273 g/mol. The maximum atomic E-state index is 12.5. The minimum Gasteiger partial charge on any atom is -0.338 e. The average Bonchev–Trinajstić information content (AvgIpc) is 2.89. The Balaban J connectivity index is 2.05. The molecule has 1 atom stereocenters. The van der Waals surface area contributed by atoms with E-state index < -0.39 is 11.9 Å². The van der Waals surface area contributed by atoms with Crippen molar-refractivity contribution in [2.45, 2.75) is 31.9 Å². The Hall–Kier alpha value is -1.73. The number of amides is 2. The number of halogens is 3. The van der Waals surface area contributed by atoms with E-state index >= 15 is 0 Å². The van der Waals surface area contributed by atoms with Crippen LogP contribution in [0.5, 0.6) is 0 Å². The molecule has 1 aliphatic rings. The zero-order chi connectivity index (χ0) is 14.8. The number of aromatic amines is 1. The number of H-pyrrole nitrogens is 1. The number of nitrogens with one attached hydrogen (secondary N) is 2. The Morgan fingerprint density at radius 1 is 1.60 bits per heavy atom. The van der Waals surface area contributed by atoms with Gasteiger partial charge in [0.1, 0.15) is 0 Å². The van der Waals surface area contributed by atoms with Crippen molar-refractivity contribution in [2.75, 3.05) is 19.6 Å². The van der Waals surface area contributed by atoms with Crippen molar-refractivity contribution in [3.63, 3.8) is 0 Å². The Morgan fingerprint density at radius 2 is 2.35 bits per heavy atom. The Morgan fingerprint density at radius 3 is 2.95 bits per heavy atom. The van der Waals surface area contributed by atoms with Crippen LogP contribution in [0.4, 0.5) is 18.0 Å². The molecule has 5 nitrogen and oxygen atoms in total. The van der Waals surface area contributed by atoms with E-state index in [1.54, 1.807) is 4.90 Å². The normalized spacial score (nSPS) is 20.0. The molecule has 2 rings (SSSR count). The lowest BCUT2D eigenvalue weighted by molar-refractivity contribution is -0.141. The van der Waals surface area contributed by atoms with Crippen molar-refractivity contribution in [1.82, 2.24) is 20.4 Å². The van der Waals surface area contributed by atoms with Gasteiger partial charge in [0, 0.05) is 31.2 Å². The van der Waals surface area contributed by atoms with Gasteiger partial charge >= 0.3 is 12.2 Å². The zero-order valence-electron chi connectivity index (χ0n) is 11.1. The second-order valence-electron chi connectivity index (χ2n) is 4.83. The highest BCUT2D eigenvalue weighted by Crippen LogP contribution is 2.31. The summed E-state index contributed by atoms with van der Waals surface area (Å²) in [7, 11) is 0. The van der Waals surface area contributed by atoms with E-state index in [9.17, 15) is 18.0 Å². The first-order valence-corrected chi connectivity index (χ1v) is 6.57. The predicted octanol–water partition coefficient (Wildman–Crippen LogP) is 2.34. The molecule has 1 fully saturated rings. The molecule has 112 valence electrons. The summed E-state index contributed by atoms with van der Waals surface area (Å²) in [6, 6.07) is 0.860. The third kappa shape index (κ3) is 3.23. The van der Waals surface area contributed by atoms with Gasteiger partial charge in [0.15, 0.2) is 5.69 Å². The van der Waals surface area contributed by atoms with Crippen molar-refractivity contribution in [3.05, 3.63) is 17.5 Å². The molecule has 0 radical (unpaired) electrons. The molecule has 1 aromatic heterocycles. The first-order chi connectivity index (χ1) is 9.41. The maximum absolute atomic E-state index is 12.5. The third-order valence-electron chi connectivity index (χ3n) is 3.36. The number of carbonyl (C=O) groups is 1. The highest BCUT2D eigenvalue weighted by molar-refractivity contribution is 5.74. The van der Waals surface area contributed by atoms with Gasteiger partial charge in [-0.3, -0.25) is 5.10 Å². The van der Waals surface area contributed by atoms with Gasteiger partial charge < -0.3 is 10.2 Å². The van der Waals surface area contributed by atoms with Gasteiger partial charge in [-0.1, -0.05) is 0 Å². The van der Waals surface area contributed by atoms with E-state index in [1.165, 1.54) is 0 Å². The van der Waals surface area contributed by atoms with E-state index in [0.717, 1.165) is 18.9 Å². The number of nitrogens with zero attached hydrogens (tertiary/aromatic N) is 2. The molecule has 2 heterocycles. The predicted molar refractivity (Wildman–Crippen MR) is 66.2 cm³/mol. The molecule has 2 N–H and O–H groups in total. The van der Waals surface area contributed by atoms with Crippen molar-refractivity contribution < 1.29 is 18.0 Å². The van der Waals surface area contributed by atoms with Gasteiger partial charge in [0.2, 0.25) is 0 Å². The minimum atomic E-state index is -4.44. The standard InChI is InChI=1S/C12H17F3N4O/c1-2-16-11(20)19-5-3-4-8(7-19)9-6-10(18-17-9)12(13,14)15/h6,8H,2-5,7H2,1H3,(H,16,20)(H,17,18). The summed E-state index contributed by atoms with van der Waals surface area (Å²) in [6.45, 7) is 3.39. The highest BCUT2D eigenvalue weighted by Gasteiger charge is 2.35. The van der Waals surface area contributed by atoms with Crippen molar-refractivity contribution >= 4 is 6.03 Å². The topological polar surface area (TPSA) is 61.0 Å². The van der Waals surface area contributed by atoms with Crippen LogP contribution in [0.15, 0.2) is 6.07 Å². The molecule has 2 amide bonds. The number of likely N-dealkylation sites (tertiary alicyclic amines) is 1. The van der Waals surface area contributed by atoms with Crippen LogP contribution in [0.1, 0.15) is 37.1 Å². The van der Waals surface area contributed by atoms with Crippen LogP contribution in [0.3, 0.4) is 0 Å². The summed E-state index contributed by atoms with van der Waals surface area (Å²) in [5, 5.41) is 8.44. The van der Waals surface area contributed by atoms with Crippen LogP contribution in [-0.4, -0.2) is 40.8 Å². The van der Waals surface area contributed by atoms with Crippen LogP contribution in [0.2, 0.25) is 0 Å². The fourth-order valence-corrected chi connectivity index (χ4v) is 2.37. The lowest BCUT2D eigenvalue weighted by Crippen LogP contribution is -2.44. The molecule has 1 aromatic rings. The third-order valence-corrected chi connectivity index (χ3v) is 3.36. The number of aromatic nitrogens is 2. The lowest BCUT2D eigenvalue weighted by Gasteiger charge is -2.32. The highest BCUT2D eigenvalue weighted by atomic mass is 19.4. The van der Waals surface area contributed by atoms with E-state index in [2.05, 4.69) is 15.5 Å². The second-order valence-corrected chi connectivity index (χ2v) is 4.83. The van der Waals surface area contributed by atoms with Crippen LogP contribution in [0, 0.1) is 0 Å². The monoisotopic (exact) mass is 290 g/mol. The molecule has 0 spiro atoms. The van der Waals surface area contributed by atoms with Crippen molar-refractivity contribution in [1.29, 1.82) is 0 Å². The van der Waals surface area contributed by atoms with Gasteiger partial charge in [0.05, 0.1) is 0 Å². The number of hydrogen-bond donors (Lipinski definition) is 2. The summed E-state index contributed by atoms with van der Waals surface area (Å²) in [4.78, 5) is 13.4. The SMILES string of the molecule is CCNC(=O)N1CCCC(c2cc(C(F)(F)F)n[nH]2)C1. The van der Waals surface area contributed by atoms with Gasteiger partial charge in [-0.2, -0.15) is 18.3 Å². The largest absolute Gasteiger partial charge is 0.435 e. The number of hydrogen-bond acceptors (Lipinski definition) is 2. The smallest absolute Gasteiger partial charge is 0.338 e. The number of rotatable bonds is 2. The molecule has 0 bridgehead atoms. The van der Waals surface area contributed by atoms with Gasteiger partial charge in [0.25, 0.3) is 0 Å². The van der Waals surface area contributed by atoms with E-state index in [1.807, 2.05) is 6.92 Å². The van der Waals surface area contributed by atoms with Crippen LogP contribution in [0.25, 0.3) is 0 Å². The first-order valence-electron chi connectivity index (χ1n) is 6.57. The molecule has 1 aliphatic heterocycles. The van der Waals surface area contributed by atoms with Crippen LogP contribution >= 0.6 is 0 Å². The van der Waals surface area contributed by atoms with Crippen LogP contribution < -0.4 is 5.32 Å². The zero-order valence-corrected chi connectivity index (χ0v) is 11.1. The summed E-state index contributed by atoms with van der Waals surface area (Å²) >= 11 is 0. The minimum absolute atomic E-state index is 0.130. The first kappa shape index (κ1) is 14.7. The molecule has 0 aromatic carbocycles. The molecule has 8 heteroatoms. The van der Waals surface area contributed by atoms with Crippen molar-refractivity contribution in [2.24, 2.45) is 0 Å². The van der Waals surface area contributed by atoms with Gasteiger partial charge in [-0.25, -0.2) is 4.79 Å². The van der Waals surface area contributed by atoms with Crippen LogP contribution in [-0.2, 0) is 6.18 Å². The molecule has 20 heavy (non-hydrogen) atoms. The summed E-state index contributed by atoms with van der Waals surface area (Å²) in [5.41, 5.74) is -0.478. The fraction of sp³-hybridized carbons (Fsp3) is 0.667. The maximum Gasteiger partial charge on any atom is 0.435 e. The van der Waals surface area contributed by atoms with Gasteiger partial charge in [-0.05, 0) is 25.8 Å². The second kappa shape index (κ2) is 5.72. The van der Waals surface area contributed by atoms with E-state index in [0.29, 0.717) is 25.3 Å². The fourth-order valence-electron chi connectivity index (χ4n) is 2.37. The number of carbonyl (C=O) groups excluding carboxylic acids is 1. The molecule has 0 aliphatic carbocycles. The lowest BCUT2D eigenvalue weighted by atomic mass is 9.95. The molecule has 0 saturated carbocycles. The molecule has 1 saturated heterocycles. The number of piperidine rings is 1. The number of urea groups is 1. The summed E-state index contributed by atoms with van der Waals surface area (Å²) < 4.78 is 37.5. The summed E-state index contributed by atoms with van der Waals surface area (Å²) in [5.74, 6) is -0.130.